The SMILES string of the molecule is CCOC(=O)N=c1sc2ccc(C)cc2s1. The van der Waals surface area contributed by atoms with Crippen LogP contribution in [-0.4, -0.2) is 12.7 Å². The fourth-order valence-electron chi connectivity index (χ4n) is 1.26. The molecule has 0 aliphatic heterocycles. The molecule has 0 aliphatic carbocycles. The number of aryl methyl sites for hydroxylation is 1. The molecule has 84 valence electrons. The van der Waals surface area contributed by atoms with E-state index >= 15 is 0 Å². The van der Waals surface area contributed by atoms with E-state index in [1.54, 1.807) is 6.92 Å². The highest BCUT2D eigenvalue weighted by atomic mass is 32.2. The molecule has 2 rings (SSSR count). The van der Waals surface area contributed by atoms with Gasteiger partial charge in [-0.2, -0.15) is 4.99 Å². The zero-order chi connectivity index (χ0) is 11.5. The van der Waals surface area contributed by atoms with Crippen LogP contribution in [0.1, 0.15) is 12.5 Å². The Morgan fingerprint density at radius 1 is 1.38 bits per heavy atom. The van der Waals surface area contributed by atoms with Crippen molar-refractivity contribution in [3.63, 3.8) is 0 Å². The molecule has 1 aromatic heterocycles. The topological polar surface area (TPSA) is 38.7 Å². The van der Waals surface area contributed by atoms with Gasteiger partial charge in [-0.15, -0.1) is 22.7 Å². The van der Waals surface area contributed by atoms with E-state index in [-0.39, 0.29) is 0 Å². The Kier molecular flexibility index (Phi) is 3.36. The van der Waals surface area contributed by atoms with Crippen molar-refractivity contribution in [2.24, 2.45) is 4.99 Å². The van der Waals surface area contributed by atoms with Crippen LogP contribution in [0.25, 0.3) is 9.40 Å². The first-order valence-corrected chi connectivity index (χ1v) is 6.54. The van der Waals surface area contributed by atoms with Gasteiger partial charge in [0.25, 0.3) is 0 Å². The Hall–Kier alpha value is -1.20. The van der Waals surface area contributed by atoms with Crippen molar-refractivity contribution in [3.05, 3.63) is 27.7 Å². The van der Waals surface area contributed by atoms with Gasteiger partial charge in [-0.1, -0.05) is 6.07 Å². The minimum absolute atomic E-state index is 0.358. The van der Waals surface area contributed by atoms with Gasteiger partial charge in [-0.3, -0.25) is 0 Å². The molecule has 0 saturated heterocycles. The van der Waals surface area contributed by atoms with Crippen molar-refractivity contribution in [1.82, 2.24) is 0 Å². The molecule has 5 heteroatoms. The van der Waals surface area contributed by atoms with Gasteiger partial charge in [0.2, 0.25) is 0 Å². The summed E-state index contributed by atoms with van der Waals surface area (Å²) in [6.45, 7) is 4.17. The Labute approximate surface area is 101 Å². The fraction of sp³-hybridized carbons (Fsp3) is 0.273. The zero-order valence-electron chi connectivity index (χ0n) is 9.02. The van der Waals surface area contributed by atoms with E-state index in [0.29, 0.717) is 6.61 Å². The molecular formula is C11H11NO2S2. The minimum atomic E-state index is -0.512. The van der Waals surface area contributed by atoms with Crippen LogP contribution >= 0.6 is 22.7 Å². The van der Waals surface area contributed by atoms with Crippen LogP contribution in [0.3, 0.4) is 0 Å². The van der Waals surface area contributed by atoms with Crippen molar-refractivity contribution < 1.29 is 9.53 Å². The molecule has 0 aliphatic rings. The second-order valence-electron chi connectivity index (χ2n) is 3.23. The molecule has 0 radical (unpaired) electrons. The van der Waals surface area contributed by atoms with E-state index in [1.807, 2.05) is 6.92 Å². The van der Waals surface area contributed by atoms with Gasteiger partial charge in [-0.05, 0) is 31.5 Å². The highest BCUT2D eigenvalue weighted by Gasteiger charge is 2.01. The van der Waals surface area contributed by atoms with Gasteiger partial charge >= 0.3 is 6.09 Å². The molecule has 0 saturated carbocycles. The van der Waals surface area contributed by atoms with Crippen LogP contribution in [0.4, 0.5) is 4.79 Å². The molecule has 0 fully saturated rings. The van der Waals surface area contributed by atoms with Crippen LogP contribution < -0.4 is 3.98 Å². The maximum absolute atomic E-state index is 11.2. The third-order valence-electron chi connectivity index (χ3n) is 1.94. The number of ether oxygens (including phenoxy) is 1. The zero-order valence-corrected chi connectivity index (χ0v) is 10.7. The first-order valence-electron chi connectivity index (χ1n) is 4.91. The smallest absolute Gasteiger partial charge is 0.435 e. The lowest BCUT2D eigenvalue weighted by molar-refractivity contribution is 0.163. The van der Waals surface area contributed by atoms with Gasteiger partial charge in [0.15, 0.2) is 3.98 Å². The highest BCUT2D eigenvalue weighted by molar-refractivity contribution is 7.35. The number of fused-ring (bicyclic) bond motifs is 1. The Morgan fingerprint density at radius 2 is 2.12 bits per heavy atom. The molecular weight excluding hydrogens is 242 g/mol. The number of benzene rings is 1. The summed E-state index contributed by atoms with van der Waals surface area (Å²) < 4.78 is 7.82. The van der Waals surface area contributed by atoms with Gasteiger partial charge in [-0.25, -0.2) is 4.79 Å². The van der Waals surface area contributed by atoms with Gasteiger partial charge < -0.3 is 4.74 Å². The molecule has 0 N–H and O–H groups in total. The number of rotatable bonds is 1. The minimum Gasteiger partial charge on any atom is -0.448 e. The molecule has 0 atom stereocenters. The van der Waals surface area contributed by atoms with Crippen LogP contribution in [0, 0.1) is 6.92 Å². The molecule has 0 unspecified atom stereocenters. The number of carbonyl (C=O) groups excluding carboxylic acids is 1. The Balaban J connectivity index is 2.43. The summed E-state index contributed by atoms with van der Waals surface area (Å²) in [5, 5.41) is 0. The number of hydrogen-bond acceptors (Lipinski definition) is 4. The fourth-order valence-corrected chi connectivity index (χ4v) is 3.55. The summed E-state index contributed by atoms with van der Waals surface area (Å²) in [6, 6.07) is 6.20. The summed E-state index contributed by atoms with van der Waals surface area (Å²) in [5.74, 6) is 0. The van der Waals surface area contributed by atoms with Crippen molar-refractivity contribution >= 4 is 38.2 Å². The molecule has 1 aromatic carbocycles. The molecule has 2 aromatic rings. The predicted octanol–water partition coefficient (Wildman–Crippen LogP) is 3.33. The van der Waals surface area contributed by atoms with Crippen molar-refractivity contribution in [2.75, 3.05) is 6.61 Å². The number of nitrogens with zero attached hydrogens (tertiary/aromatic N) is 1. The van der Waals surface area contributed by atoms with Crippen molar-refractivity contribution in [2.45, 2.75) is 13.8 Å². The summed E-state index contributed by atoms with van der Waals surface area (Å²) in [4.78, 5) is 15.1. The van der Waals surface area contributed by atoms with Crippen molar-refractivity contribution in [1.29, 1.82) is 0 Å². The lowest BCUT2D eigenvalue weighted by Gasteiger charge is -1.90. The molecule has 0 bridgehead atoms. The molecule has 16 heavy (non-hydrogen) atoms. The standard InChI is InChI=1S/C11H11NO2S2/c1-3-14-10(13)12-11-15-8-5-4-7(2)6-9(8)16-11/h4-6H,3H2,1-2H3. The van der Waals surface area contributed by atoms with Crippen molar-refractivity contribution in [3.8, 4) is 0 Å². The molecule has 1 amide bonds. The lowest BCUT2D eigenvalue weighted by atomic mass is 10.2. The highest BCUT2D eigenvalue weighted by Crippen LogP contribution is 2.22. The number of hydrogen-bond donors (Lipinski definition) is 0. The van der Waals surface area contributed by atoms with Gasteiger partial charge in [0.05, 0.1) is 6.61 Å². The van der Waals surface area contributed by atoms with Gasteiger partial charge in [0.1, 0.15) is 0 Å². The Morgan fingerprint density at radius 3 is 2.88 bits per heavy atom. The summed E-state index contributed by atoms with van der Waals surface area (Å²) >= 11 is 3.03. The quantitative estimate of drug-likeness (QED) is 0.782. The van der Waals surface area contributed by atoms with Crippen LogP contribution in [0.15, 0.2) is 23.2 Å². The Bertz CT molecular complexity index is 583. The number of amides is 1. The normalized spacial score (nSPS) is 12.0. The van der Waals surface area contributed by atoms with Gasteiger partial charge in [0, 0.05) is 9.40 Å². The average Bonchev–Trinajstić information content (AvgIpc) is 2.59. The summed E-state index contributed by atoms with van der Waals surface area (Å²) in [5.41, 5.74) is 1.21. The maximum atomic E-state index is 11.2. The van der Waals surface area contributed by atoms with Crippen LogP contribution in [-0.2, 0) is 4.74 Å². The third kappa shape index (κ3) is 2.48. The largest absolute Gasteiger partial charge is 0.448 e. The van der Waals surface area contributed by atoms with E-state index in [9.17, 15) is 4.79 Å². The second-order valence-corrected chi connectivity index (χ2v) is 5.55. The predicted molar refractivity (Wildman–Crippen MR) is 67.0 cm³/mol. The molecule has 1 heterocycles. The monoisotopic (exact) mass is 253 g/mol. The third-order valence-corrected chi connectivity index (χ3v) is 4.24. The second kappa shape index (κ2) is 4.76. The van der Waals surface area contributed by atoms with E-state index in [4.69, 9.17) is 4.74 Å². The van der Waals surface area contributed by atoms with Crippen LogP contribution in [0.2, 0.25) is 0 Å². The summed E-state index contributed by atoms with van der Waals surface area (Å²) in [7, 11) is 0. The van der Waals surface area contributed by atoms with E-state index in [2.05, 4.69) is 23.2 Å². The number of carbonyl (C=O) groups is 1. The maximum Gasteiger partial charge on any atom is 0.435 e. The average molecular weight is 253 g/mol. The van der Waals surface area contributed by atoms with E-state index in [1.165, 1.54) is 28.2 Å². The first kappa shape index (κ1) is 11.3. The molecule has 3 nitrogen and oxygen atoms in total. The first-order chi connectivity index (χ1) is 7.69. The van der Waals surface area contributed by atoms with E-state index < -0.39 is 6.09 Å². The van der Waals surface area contributed by atoms with E-state index in [0.717, 1.165) is 13.4 Å². The molecule has 0 spiro atoms. The summed E-state index contributed by atoms with van der Waals surface area (Å²) in [6.07, 6.45) is -0.512. The lowest BCUT2D eigenvalue weighted by Crippen LogP contribution is -2.01. The van der Waals surface area contributed by atoms with Crippen LogP contribution in [0.5, 0.6) is 0 Å².